The van der Waals surface area contributed by atoms with Gasteiger partial charge in [-0.3, -0.25) is 0 Å². The predicted molar refractivity (Wildman–Crippen MR) is 64.4 cm³/mol. The van der Waals surface area contributed by atoms with Crippen molar-refractivity contribution >= 4 is 27.6 Å². The number of H-pyrrole nitrogens is 2. The number of nitrogens with zero attached hydrogens (tertiary/aromatic N) is 1. The van der Waals surface area contributed by atoms with Gasteiger partial charge >= 0.3 is 0 Å². The van der Waals surface area contributed by atoms with Crippen LogP contribution in [0.15, 0.2) is 24.5 Å². The lowest BCUT2D eigenvalue weighted by Gasteiger charge is -2.07. The number of nitrogens with one attached hydrogen (secondary N) is 3. The molecule has 2 aromatic heterocycles. The number of aromatic amines is 2. The molecule has 4 nitrogen and oxygen atoms in total. The summed E-state index contributed by atoms with van der Waals surface area (Å²) in [6.07, 6.45) is 1.73. The number of imidazole rings is 1. The summed E-state index contributed by atoms with van der Waals surface area (Å²) >= 11 is 0. The molecule has 1 aromatic carbocycles. The molecule has 4 heteroatoms. The van der Waals surface area contributed by atoms with Gasteiger partial charge in [-0.15, -0.1) is 0 Å². The van der Waals surface area contributed by atoms with E-state index >= 15 is 0 Å². The van der Waals surface area contributed by atoms with Crippen LogP contribution in [0.1, 0.15) is 5.69 Å². The van der Waals surface area contributed by atoms with Gasteiger partial charge < -0.3 is 10.3 Å². The highest BCUT2D eigenvalue weighted by atomic mass is 14.9. The molecule has 0 saturated heterocycles. The first kappa shape index (κ1) is 9.15. The van der Waals surface area contributed by atoms with Crippen LogP contribution in [0.25, 0.3) is 21.9 Å². The van der Waals surface area contributed by atoms with Crippen molar-refractivity contribution in [3.05, 3.63) is 30.2 Å². The highest BCUT2D eigenvalue weighted by Crippen LogP contribution is 2.27. The Morgan fingerprint density at radius 1 is 1.38 bits per heavy atom. The van der Waals surface area contributed by atoms with Gasteiger partial charge in [-0.05, 0) is 30.1 Å². The van der Waals surface area contributed by atoms with Crippen molar-refractivity contribution in [2.45, 2.75) is 6.92 Å². The number of aromatic nitrogens is 3. The number of hydrogen-bond donors (Lipinski definition) is 2. The summed E-state index contributed by atoms with van der Waals surface area (Å²) in [5.74, 6) is 0. The third-order valence-corrected chi connectivity index (χ3v) is 2.83. The smallest absolute Gasteiger partial charge is 0.285 e. The molecule has 2 heterocycles. The van der Waals surface area contributed by atoms with Crippen LogP contribution in [0.2, 0.25) is 0 Å². The first-order valence-electron chi connectivity index (χ1n) is 5.26. The molecule has 0 atom stereocenters. The summed E-state index contributed by atoms with van der Waals surface area (Å²) in [6, 6.07) is 6.18. The average Bonchev–Trinajstić information content (AvgIpc) is 2.75. The van der Waals surface area contributed by atoms with Crippen molar-refractivity contribution < 1.29 is 4.98 Å². The molecule has 0 unspecified atom stereocenters. The minimum absolute atomic E-state index is 0.987. The van der Waals surface area contributed by atoms with Crippen LogP contribution < -0.4 is 10.3 Å². The maximum absolute atomic E-state index is 4.27. The minimum Gasteiger partial charge on any atom is -0.387 e. The first-order chi connectivity index (χ1) is 7.79. The highest BCUT2D eigenvalue weighted by Gasteiger charge is 2.12. The fraction of sp³-hybridized carbons (Fsp3) is 0.167. The molecule has 0 spiro atoms. The molecular formula is C12H13N4+. The highest BCUT2D eigenvalue weighted by molar-refractivity contribution is 6.07. The Kier molecular flexibility index (Phi) is 1.83. The van der Waals surface area contributed by atoms with Gasteiger partial charge in [-0.1, -0.05) is 0 Å². The molecule has 3 N–H and O–H groups in total. The molecule has 16 heavy (non-hydrogen) atoms. The Morgan fingerprint density at radius 3 is 3.06 bits per heavy atom. The Labute approximate surface area is 92.7 Å². The Hall–Kier alpha value is -2.10. The van der Waals surface area contributed by atoms with E-state index < -0.39 is 0 Å². The Morgan fingerprint density at radius 2 is 2.25 bits per heavy atom. The summed E-state index contributed by atoms with van der Waals surface area (Å²) in [6.45, 7) is 2.05. The summed E-state index contributed by atoms with van der Waals surface area (Å²) in [4.78, 5) is 10.8. The molecular weight excluding hydrogens is 200 g/mol. The van der Waals surface area contributed by atoms with Gasteiger partial charge in [-0.2, -0.15) is 0 Å². The Bertz CT molecular complexity index is 669. The zero-order valence-corrected chi connectivity index (χ0v) is 9.26. The number of fused-ring (bicyclic) bond motifs is 3. The van der Waals surface area contributed by atoms with Gasteiger partial charge in [0.05, 0.1) is 10.9 Å². The number of rotatable bonds is 1. The molecule has 0 fully saturated rings. The zero-order valence-electron chi connectivity index (χ0n) is 9.26. The van der Waals surface area contributed by atoms with Crippen LogP contribution in [0.4, 0.5) is 5.69 Å². The third-order valence-electron chi connectivity index (χ3n) is 2.83. The molecule has 80 valence electrons. The topological polar surface area (TPSA) is 54.9 Å². The van der Waals surface area contributed by atoms with Crippen molar-refractivity contribution in [2.75, 3.05) is 12.4 Å². The van der Waals surface area contributed by atoms with Crippen LogP contribution in [-0.2, 0) is 0 Å². The molecule has 0 aliphatic carbocycles. The second kappa shape index (κ2) is 3.20. The zero-order chi connectivity index (χ0) is 11.1. The number of aryl methyl sites for hydroxylation is 1. The van der Waals surface area contributed by atoms with E-state index in [-0.39, 0.29) is 0 Å². The number of benzene rings is 1. The van der Waals surface area contributed by atoms with Crippen molar-refractivity contribution in [1.82, 2.24) is 9.97 Å². The minimum atomic E-state index is 0.987. The van der Waals surface area contributed by atoms with Gasteiger partial charge in [0.1, 0.15) is 0 Å². The van der Waals surface area contributed by atoms with Crippen LogP contribution in [0.3, 0.4) is 0 Å². The summed E-state index contributed by atoms with van der Waals surface area (Å²) in [5, 5.41) is 4.38. The molecule has 0 radical (unpaired) electrons. The van der Waals surface area contributed by atoms with E-state index in [4.69, 9.17) is 0 Å². The van der Waals surface area contributed by atoms with Crippen molar-refractivity contribution in [3.63, 3.8) is 0 Å². The fourth-order valence-corrected chi connectivity index (χ4v) is 2.13. The molecule has 0 bridgehead atoms. The van der Waals surface area contributed by atoms with Crippen LogP contribution >= 0.6 is 0 Å². The molecule has 3 rings (SSSR count). The number of hydrogen-bond acceptors (Lipinski definition) is 2. The molecule has 0 saturated carbocycles. The van der Waals surface area contributed by atoms with Crippen LogP contribution in [-0.4, -0.2) is 17.0 Å². The lowest BCUT2D eigenvalue weighted by Crippen LogP contribution is -2.00. The van der Waals surface area contributed by atoms with Gasteiger partial charge in [0.2, 0.25) is 5.52 Å². The Balaban J connectivity index is 2.56. The third kappa shape index (κ3) is 1.16. The van der Waals surface area contributed by atoms with E-state index in [1.165, 1.54) is 0 Å². The molecule has 0 aliphatic rings. The number of anilines is 1. The van der Waals surface area contributed by atoms with E-state index in [0.717, 1.165) is 33.3 Å². The fourth-order valence-electron chi connectivity index (χ4n) is 2.13. The lowest BCUT2D eigenvalue weighted by molar-refractivity contribution is -0.343. The quantitative estimate of drug-likeness (QED) is 0.648. The van der Waals surface area contributed by atoms with Crippen molar-refractivity contribution in [1.29, 1.82) is 0 Å². The predicted octanol–water partition coefficient (Wildman–Crippen LogP) is 1.88. The molecule has 0 aliphatic heterocycles. The summed E-state index contributed by atoms with van der Waals surface area (Å²) in [7, 11) is 1.93. The first-order valence-corrected chi connectivity index (χ1v) is 5.26. The van der Waals surface area contributed by atoms with Crippen molar-refractivity contribution in [3.8, 4) is 0 Å². The maximum Gasteiger partial charge on any atom is 0.285 e. The van der Waals surface area contributed by atoms with Gasteiger partial charge in [0.15, 0.2) is 5.52 Å². The SMILES string of the molecule is CNc1cc(C)[nH]c2ccc3nc[nH+]c3c12. The summed E-state index contributed by atoms with van der Waals surface area (Å²) < 4.78 is 0. The van der Waals surface area contributed by atoms with E-state index in [1.54, 1.807) is 6.33 Å². The van der Waals surface area contributed by atoms with Gasteiger partial charge in [0.25, 0.3) is 6.33 Å². The van der Waals surface area contributed by atoms with Gasteiger partial charge in [0, 0.05) is 18.4 Å². The van der Waals surface area contributed by atoms with Crippen LogP contribution in [0.5, 0.6) is 0 Å². The average molecular weight is 213 g/mol. The van der Waals surface area contributed by atoms with E-state index in [2.05, 4.69) is 39.3 Å². The number of pyridine rings is 1. The van der Waals surface area contributed by atoms with E-state index in [0.29, 0.717) is 0 Å². The monoisotopic (exact) mass is 213 g/mol. The normalized spacial score (nSPS) is 11.1. The van der Waals surface area contributed by atoms with E-state index in [9.17, 15) is 0 Å². The molecule has 3 aromatic rings. The van der Waals surface area contributed by atoms with E-state index in [1.807, 2.05) is 13.1 Å². The largest absolute Gasteiger partial charge is 0.387 e. The maximum atomic E-state index is 4.27. The lowest BCUT2D eigenvalue weighted by atomic mass is 10.1. The van der Waals surface area contributed by atoms with Crippen molar-refractivity contribution in [2.24, 2.45) is 0 Å². The van der Waals surface area contributed by atoms with Gasteiger partial charge in [-0.25, -0.2) is 4.98 Å². The standard InChI is InChI=1S/C12H12N4/c1-7-5-10(13-2)11-8(16-7)3-4-9-12(11)15-6-14-9/h3-6,13,16H,1-2H3/p+1. The summed E-state index contributed by atoms with van der Waals surface area (Å²) in [5.41, 5.74) is 5.41. The second-order valence-corrected chi connectivity index (χ2v) is 3.90. The second-order valence-electron chi connectivity index (χ2n) is 3.90. The molecule has 0 amide bonds. The van der Waals surface area contributed by atoms with Crippen LogP contribution in [0, 0.1) is 6.92 Å².